The van der Waals surface area contributed by atoms with E-state index in [0.717, 1.165) is 31.8 Å². The van der Waals surface area contributed by atoms with Crippen LogP contribution in [0.1, 0.15) is 35.5 Å². The molecule has 5 heteroatoms. The van der Waals surface area contributed by atoms with Gasteiger partial charge in [0, 0.05) is 25.7 Å². The molecule has 23 heavy (non-hydrogen) atoms. The molecular formula is C18H23N3O2. The monoisotopic (exact) mass is 313 g/mol. The van der Waals surface area contributed by atoms with Crippen LogP contribution in [0, 0.1) is 6.92 Å². The zero-order valence-corrected chi connectivity index (χ0v) is 13.7. The number of carbonyl (C=O) groups is 1. The third-order valence-corrected chi connectivity index (χ3v) is 4.35. The second-order valence-corrected chi connectivity index (χ2v) is 6.01. The van der Waals surface area contributed by atoms with Gasteiger partial charge in [0.1, 0.15) is 5.76 Å². The number of amides is 1. The molecule has 0 aliphatic carbocycles. The fourth-order valence-electron chi connectivity index (χ4n) is 3.03. The maximum Gasteiger partial charge on any atom is 0.229 e. The Bertz CT molecular complexity index is 663. The number of hydrogen-bond acceptors (Lipinski definition) is 4. The van der Waals surface area contributed by atoms with Crippen LogP contribution < -0.4 is 5.32 Å². The van der Waals surface area contributed by atoms with Crippen molar-refractivity contribution >= 4 is 5.91 Å². The molecule has 122 valence electrons. The number of benzene rings is 1. The van der Waals surface area contributed by atoms with Crippen LogP contribution in [0.25, 0.3) is 0 Å². The molecular weight excluding hydrogens is 290 g/mol. The minimum atomic E-state index is 0.0788. The van der Waals surface area contributed by atoms with E-state index in [2.05, 4.69) is 41.7 Å². The number of aromatic nitrogens is 1. The molecule has 1 amide bonds. The van der Waals surface area contributed by atoms with Gasteiger partial charge in [-0.15, -0.1) is 0 Å². The minimum absolute atomic E-state index is 0.0788. The lowest BCUT2D eigenvalue weighted by atomic mass is 10.0. The van der Waals surface area contributed by atoms with E-state index in [1.165, 1.54) is 11.1 Å². The van der Waals surface area contributed by atoms with Gasteiger partial charge < -0.3 is 14.7 Å². The zero-order chi connectivity index (χ0) is 16.2. The van der Waals surface area contributed by atoms with E-state index in [4.69, 9.17) is 4.52 Å². The van der Waals surface area contributed by atoms with Crippen LogP contribution in [0.2, 0.25) is 0 Å². The van der Waals surface area contributed by atoms with Gasteiger partial charge in [-0.3, -0.25) is 4.79 Å². The van der Waals surface area contributed by atoms with E-state index >= 15 is 0 Å². The molecule has 1 aromatic heterocycles. The second-order valence-electron chi connectivity index (χ2n) is 6.01. The van der Waals surface area contributed by atoms with Crippen LogP contribution >= 0.6 is 0 Å². The molecule has 1 N–H and O–H groups in total. The number of nitrogens with one attached hydrogen (secondary N) is 1. The van der Waals surface area contributed by atoms with Gasteiger partial charge in [0.15, 0.2) is 0 Å². The Morgan fingerprint density at radius 1 is 1.39 bits per heavy atom. The van der Waals surface area contributed by atoms with Crippen LogP contribution in [0.3, 0.4) is 0 Å². The summed E-state index contributed by atoms with van der Waals surface area (Å²) < 4.78 is 5.06. The molecule has 0 spiro atoms. The molecule has 1 aliphatic heterocycles. The molecule has 0 radical (unpaired) electrons. The standard InChI is InChI=1S/C18H23N3O2/c1-3-14-4-6-15(7-5-14)17-12-19-8-9-21(17)18(22)11-16-10-13(2)23-20-16/h4-7,10,17,19H,3,8-9,11-12H2,1-2H3. The Kier molecular flexibility index (Phi) is 4.76. The molecule has 1 fully saturated rings. The lowest BCUT2D eigenvalue weighted by Crippen LogP contribution is -2.49. The molecule has 2 heterocycles. The van der Waals surface area contributed by atoms with Gasteiger partial charge >= 0.3 is 0 Å². The molecule has 1 atom stereocenters. The first-order valence-electron chi connectivity index (χ1n) is 8.18. The summed E-state index contributed by atoms with van der Waals surface area (Å²) in [6.07, 6.45) is 1.32. The zero-order valence-electron chi connectivity index (χ0n) is 13.7. The average Bonchev–Trinajstić information content (AvgIpc) is 3.00. The molecule has 1 saturated heterocycles. The Balaban J connectivity index is 1.75. The third-order valence-electron chi connectivity index (χ3n) is 4.35. The van der Waals surface area contributed by atoms with E-state index < -0.39 is 0 Å². The first-order valence-corrected chi connectivity index (χ1v) is 8.18. The molecule has 5 nitrogen and oxygen atoms in total. The molecule has 1 aromatic carbocycles. The summed E-state index contributed by atoms with van der Waals surface area (Å²) in [5.41, 5.74) is 3.19. The lowest BCUT2D eigenvalue weighted by molar-refractivity contribution is -0.133. The van der Waals surface area contributed by atoms with Crippen LogP contribution in [0.15, 0.2) is 34.9 Å². The average molecular weight is 313 g/mol. The largest absolute Gasteiger partial charge is 0.361 e. The number of hydrogen-bond donors (Lipinski definition) is 1. The highest BCUT2D eigenvalue weighted by molar-refractivity contribution is 5.79. The van der Waals surface area contributed by atoms with E-state index in [1.54, 1.807) is 0 Å². The van der Waals surface area contributed by atoms with E-state index in [9.17, 15) is 4.79 Å². The number of rotatable bonds is 4. The van der Waals surface area contributed by atoms with E-state index in [1.807, 2.05) is 17.9 Å². The summed E-state index contributed by atoms with van der Waals surface area (Å²) in [6.45, 7) is 6.31. The van der Waals surface area contributed by atoms with E-state index in [-0.39, 0.29) is 11.9 Å². The summed E-state index contributed by atoms with van der Waals surface area (Å²) in [5.74, 6) is 0.837. The van der Waals surface area contributed by atoms with Crippen molar-refractivity contribution in [3.8, 4) is 0 Å². The van der Waals surface area contributed by atoms with Crippen molar-refractivity contribution in [2.75, 3.05) is 19.6 Å². The second kappa shape index (κ2) is 6.96. The number of piperazine rings is 1. The van der Waals surface area contributed by atoms with Crippen LogP contribution in [0.5, 0.6) is 0 Å². The first-order chi connectivity index (χ1) is 11.2. The predicted molar refractivity (Wildman–Crippen MR) is 88.1 cm³/mol. The van der Waals surface area contributed by atoms with Crippen molar-refractivity contribution in [3.05, 3.63) is 52.9 Å². The normalized spacial score (nSPS) is 18.2. The Morgan fingerprint density at radius 3 is 2.83 bits per heavy atom. The summed E-state index contributed by atoms with van der Waals surface area (Å²) in [5, 5.41) is 7.32. The van der Waals surface area contributed by atoms with Gasteiger partial charge in [0.2, 0.25) is 5.91 Å². The lowest BCUT2D eigenvalue weighted by Gasteiger charge is -2.36. The predicted octanol–water partition coefficient (Wildman–Crippen LogP) is 2.26. The van der Waals surface area contributed by atoms with Gasteiger partial charge in [-0.05, 0) is 24.5 Å². The molecule has 0 bridgehead atoms. The third kappa shape index (κ3) is 3.62. The highest BCUT2D eigenvalue weighted by atomic mass is 16.5. The van der Waals surface area contributed by atoms with Crippen LogP contribution in [-0.2, 0) is 17.6 Å². The molecule has 0 saturated carbocycles. The Labute approximate surface area is 136 Å². The van der Waals surface area contributed by atoms with Gasteiger partial charge in [-0.2, -0.15) is 0 Å². The molecule has 1 aliphatic rings. The SMILES string of the molecule is CCc1ccc(C2CNCCN2C(=O)Cc2cc(C)on2)cc1. The van der Waals surface area contributed by atoms with Gasteiger partial charge in [-0.1, -0.05) is 36.3 Å². The number of nitrogens with zero attached hydrogens (tertiary/aromatic N) is 2. The van der Waals surface area contributed by atoms with Gasteiger partial charge in [0.05, 0.1) is 18.2 Å². The summed E-state index contributed by atoms with van der Waals surface area (Å²) in [6, 6.07) is 10.5. The van der Waals surface area contributed by atoms with Crippen molar-refractivity contribution < 1.29 is 9.32 Å². The fourth-order valence-corrected chi connectivity index (χ4v) is 3.03. The van der Waals surface area contributed by atoms with Crippen LogP contribution in [-0.4, -0.2) is 35.6 Å². The maximum atomic E-state index is 12.7. The smallest absolute Gasteiger partial charge is 0.229 e. The van der Waals surface area contributed by atoms with Gasteiger partial charge in [-0.25, -0.2) is 0 Å². The summed E-state index contributed by atoms with van der Waals surface area (Å²) in [7, 11) is 0. The van der Waals surface area contributed by atoms with Crippen molar-refractivity contribution in [1.29, 1.82) is 0 Å². The highest BCUT2D eigenvalue weighted by Crippen LogP contribution is 2.23. The fraction of sp³-hybridized carbons (Fsp3) is 0.444. The summed E-state index contributed by atoms with van der Waals surface area (Å²) in [4.78, 5) is 14.7. The molecule has 1 unspecified atom stereocenters. The quantitative estimate of drug-likeness (QED) is 0.940. The molecule has 3 rings (SSSR count). The van der Waals surface area contributed by atoms with Crippen molar-refractivity contribution in [2.24, 2.45) is 0 Å². The topological polar surface area (TPSA) is 58.4 Å². The summed E-state index contributed by atoms with van der Waals surface area (Å²) >= 11 is 0. The minimum Gasteiger partial charge on any atom is -0.361 e. The van der Waals surface area contributed by atoms with Crippen molar-refractivity contribution in [3.63, 3.8) is 0 Å². The Morgan fingerprint density at radius 2 is 2.17 bits per heavy atom. The first kappa shape index (κ1) is 15.7. The molecule has 2 aromatic rings. The number of carbonyl (C=O) groups excluding carboxylic acids is 1. The van der Waals surface area contributed by atoms with Crippen LogP contribution in [0.4, 0.5) is 0 Å². The highest BCUT2D eigenvalue weighted by Gasteiger charge is 2.28. The van der Waals surface area contributed by atoms with Crippen molar-refractivity contribution in [1.82, 2.24) is 15.4 Å². The number of aryl methyl sites for hydroxylation is 2. The maximum absolute atomic E-state index is 12.7. The van der Waals surface area contributed by atoms with E-state index in [0.29, 0.717) is 12.1 Å². The Hall–Kier alpha value is -2.14. The van der Waals surface area contributed by atoms with Crippen molar-refractivity contribution in [2.45, 2.75) is 32.7 Å². The van der Waals surface area contributed by atoms with Gasteiger partial charge in [0.25, 0.3) is 0 Å².